The van der Waals surface area contributed by atoms with E-state index in [2.05, 4.69) is 13.0 Å². The van der Waals surface area contributed by atoms with Gasteiger partial charge in [-0.3, -0.25) is 4.79 Å². The molecule has 1 unspecified atom stereocenters. The van der Waals surface area contributed by atoms with Crippen molar-refractivity contribution in [3.8, 4) is 0 Å². The molecule has 1 rings (SSSR count). The lowest BCUT2D eigenvalue weighted by molar-refractivity contribution is -0.130. The van der Waals surface area contributed by atoms with Gasteiger partial charge in [0.15, 0.2) is 0 Å². The molecule has 0 aliphatic heterocycles. The van der Waals surface area contributed by atoms with Crippen LogP contribution in [-0.4, -0.2) is 23.9 Å². The first kappa shape index (κ1) is 15.9. The fraction of sp³-hybridized carbons (Fsp3) is 0.462. The molecule has 0 aromatic heterocycles. The highest BCUT2D eigenvalue weighted by Gasteiger charge is 2.11. The van der Waals surface area contributed by atoms with Crippen LogP contribution in [0.1, 0.15) is 24.5 Å². The Kier molecular flexibility index (Phi) is 6.85. The summed E-state index contributed by atoms with van der Waals surface area (Å²) in [6, 6.07) is 8.02. The molecule has 1 aromatic carbocycles. The SMILES string of the molecule is Cc1ccccc1CN(C)C(=O)CC(C)N.Cl. The number of hydrogen-bond acceptors (Lipinski definition) is 2. The van der Waals surface area contributed by atoms with Gasteiger partial charge in [-0.05, 0) is 25.0 Å². The summed E-state index contributed by atoms with van der Waals surface area (Å²) < 4.78 is 0. The predicted octanol–water partition coefficient (Wildman–Crippen LogP) is 2.11. The summed E-state index contributed by atoms with van der Waals surface area (Å²) in [6.45, 7) is 4.55. The van der Waals surface area contributed by atoms with E-state index in [0.29, 0.717) is 13.0 Å². The van der Waals surface area contributed by atoms with Gasteiger partial charge in [0.1, 0.15) is 0 Å². The van der Waals surface area contributed by atoms with Gasteiger partial charge in [-0.2, -0.15) is 0 Å². The maximum atomic E-state index is 11.7. The zero-order chi connectivity index (χ0) is 12.1. The molecule has 0 aliphatic carbocycles. The molecular weight excluding hydrogens is 236 g/mol. The van der Waals surface area contributed by atoms with Gasteiger partial charge >= 0.3 is 0 Å². The Morgan fingerprint density at radius 1 is 1.41 bits per heavy atom. The van der Waals surface area contributed by atoms with Crippen LogP contribution in [0.5, 0.6) is 0 Å². The van der Waals surface area contributed by atoms with Crippen LogP contribution in [-0.2, 0) is 11.3 Å². The summed E-state index contributed by atoms with van der Waals surface area (Å²) in [5.74, 6) is 0.0956. The fourth-order valence-electron chi connectivity index (χ4n) is 1.56. The third-order valence-corrected chi connectivity index (χ3v) is 2.59. The molecule has 1 aromatic rings. The van der Waals surface area contributed by atoms with Crippen LogP contribution in [0.3, 0.4) is 0 Å². The normalized spacial score (nSPS) is 11.5. The third kappa shape index (κ3) is 5.20. The van der Waals surface area contributed by atoms with Crippen molar-refractivity contribution < 1.29 is 4.79 Å². The van der Waals surface area contributed by atoms with Gasteiger partial charge in [0.25, 0.3) is 0 Å². The standard InChI is InChI=1S/C13H20N2O.ClH/c1-10-6-4-5-7-12(10)9-15(3)13(16)8-11(2)14;/h4-7,11H,8-9,14H2,1-3H3;1H. The average Bonchev–Trinajstić information content (AvgIpc) is 2.20. The molecule has 1 amide bonds. The molecular formula is C13H21ClN2O. The van der Waals surface area contributed by atoms with E-state index in [0.717, 1.165) is 0 Å². The summed E-state index contributed by atoms with van der Waals surface area (Å²) >= 11 is 0. The molecule has 0 spiro atoms. The van der Waals surface area contributed by atoms with E-state index in [9.17, 15) is 4.79 Å². The second-order valence-corrected chi connectivity index (χ2v) is 4.36. The van der Waals surface area contributed by atoms with Crippen molar-refractivity contribution in [1.29, 1.82) is 0 Å². The Balaban J connectivity index is 0.00000256. The second-order valence-electron chi connectivity index (χ2n) is 4.36. The molecule has 0 bridgehead atoms. The predicted molar refractivity (Wildman–Crippen MR) is 73.2 cm³/mol. The van der Waals surface area contributed by atoms with E-state index < -0.39 is 0 Å². The summed E-state index contributed by atoms with van der Waals surface area (Å²) in [7, 11) is 1.82. The fourth-order valence-corrected chi connectivity index (χ4v) is 1.56. The van der Waals surface area contributed by atoms with Crippen LogP contribution in [0.4, 0.5) is 0 Å². The Morgan fingerprint density at radius 3 is 2.53 bits per heavy atom. The molecule has 0 aliphatic rings. The average molecular weight is 257 g/mol. The second kappa shape index (κ2) is 7.30. The molecule has 0 saturated heterocycles. The minimum absolute atomic E-state index is 0. The Hall–Kier alpha value is -1.06. The van der Waals surface area contributed by atoms with E-state index in [1.165, 1.54) is 11.1 Å². The number of halogens is 1. The maximum Gasteiger partial charge on any atom is 0.224 e. The van der Waals surface area contributed by atoms with E-state index in [1.54, 1.807) is 4.90 Å². The summed E-state index contributed by atoms with van der Waals surface area (Å²) in [4.78, 5) is 13.4. The van der Waals surface area contributed by atoms with Crippen LogP contribution in [0.15, 0.2) is 24.3 Å². The monoisotopic (exact) mass is 256 g/mol. The number of nitrogens with zero attached hydrogens (tertiary/aromatic N) is 1. The number of rotatable bonds is 4. The molecule has 0 heterocycles. The van der Waals surface area contributed by atoms with Gasteiger partial charge in [0.05, 0.1) is 0 Å². The van der Waals surface area contributed by atoms with Gasteiger partial charge < -0.3 is 10.6 Å². The lowest BCUT2D eigenvalue weighted by atomic mass is 10.1. The van der Waals surface area contributed by atoms with Crippen LogP contribution >= 0.6 is 12.4 Å². The Bertz CT molecular complexity index is 366. The van der Waals surface area contributed by atoms with Crippen molar-refractivity contribution in [3.05, 3.63) is 35.4 Å². The molecule has 17 heavy (non-hydrogen) atoms. The van der Waals surface area contributed by atoms with Gasteiger partial charge in [-0.25, -0.2) is 0 Å². The van der Waals surface area contributed by atoms with Crippen molar-refractivity contribution >= 4 is 18.3 Å². The quantitative estimate of drug-likeness (QED) is 0.897. The zero-order valence-corrected chi connectivity index (χ0v) is 11.5. The van der Waals surface area contributed by atoms with Crippen molar-refractivity contribution in [3.63, 3.8) is 0 Å². The smallest absolute Gasteiger partial charge is 0.224 e. The lowest BCUT2D eigenvalue weighted by Crippen LogP contribution is -2.31. The van der Waals surface area contributed by atoms with Crippen molar-refractivity contribution in [2.24, 2.45) is 5.73 Å². The van der Waals surface area contributed by atoms with E-state index in [1.807, 2.05) is 32.2 Å². The minimum atomic E-state index is -0.0770. The maximum absolute atomic E-state index is 11.7. The highest BCUT2D eigenvalue weighted by molar-refractivity contribution is 5.85. The molecule has 0 fully saturated rings. The first-order chi connectivity index (χ1) is 7.50. The van der Waals surface area contributed by atoms with Crippen LogP contribution in [0.2, 0.25) is 0 Å². The van der Waals surface area contributed by atoms with E-state index in [4.69, 9.17) is 5.73 Å². The van der Waals surface area contributed by atoms with Crippen LogP contribution in [0.25, 0.3) is 0 Å². The zero-order valence-electron chi connectivity index (χ0n) is 10.6. The summed E-state index contributed by atoms with van der Waals surface area (Å²) in [5.41, 5.74) is 8.00. The number of aryl methyl sites for hydroxylation is 1. The molecule has 1 atom stereocenters. The van der Waals surface area contributed by atoms with Gasteiger partial charge in [0.2, 0.25) is 5.91 Å². The number of benzene rings is 1. The number of carbonyl (C=O) groups is 1. The van der Waals surface area contributed by atoms with Crippen molar-refractivity contribution in [2.75, 3.05) is 7.05 Å². The minimum Gasteiger partial charge on any atom is -0.341 e. The number of nitrogens with two attached hydrogens (primary N) is 1. The van der Waals surface area contributed by atoms with Gasteiger partial charge in [-0.15, -0.1) is 12.4 Å². The molecule has 0 saturated carbocycles. The van der Waals surface area contributed by atoms with Crippen LogP contribution < -0.4 is 5.73 Å². The first-order valence-corrected chi connectivity index (χ1v) is 5.54. The number of amides is 1. The Morgan fingerprint density at radius 2 is 2.00 bits per heavy atom. The van der Waals surface area contributed by atoms with Crippen molar-refractivity contribution in [2.45, 2.75) is 32.9 Å². The number of hydrogen-bond donors (Lipinski definition) is 1. The van der Waals surface area contributed by atoms with Gasteiger partial charge in [0, 0.05) is 26.1 Å². The molecule has 3 nitrogen and oxygen atoms in total. The molecule has 96 valence electrons. The molecule has 4 heteroatoms. The largest absolute Gasteiger partial charge is 0.341 e. The lowest BCUT2D eigenvalue weighted by Gasteiger charge is -2.19. The molecule has 2 N–H and O–H groups in total. The first-order valence-electron chi connectivity index (χ1n) is 5.54. The van der Waals surface area contributed by atoms with E-state index in [-0.39, 0.29) is 24.4 Å². The third-order valence-electron chi connectivity index (χ3n) is 2.59. The van der Waals surface area contributed by atoms with Crippen LogP contribution in [0, 0.1) is 6.92 Å². The number of carbonyl (C=O) groups excluding carboxylic acids is 1. The highest BCUT2D eigenvalue weighted by Crippen LogP contribution is 2.10. The Labute approximate surface area is 109 Å². The topological polar surface area (TPSA) is 46.3 Å². The van der Waals surface area contributed by atoms with E-state index >= 15 is 0 Å². The highest BCUT2D eigenvalue weighted by atomic mass is 35.5. The molecule has 0 radical (unpaired) electrons. The summed E-state index contributed by atoms with van der Waals surface area (Å²) in [5, 5.41) is 0. The summed E-state index contributed by atoms with van der Waals surface area (Å²) in [6.07, 6.45) is 0.405. The van der Waals surface area contributed by atoms with Gasteiger partial charge in [-0.1, -0.05) is 24.3 Å². The van der Waals surface area contributed by atoms with Crippen molar-refractivity contribution in [1.82, 2.24) is 4.90 Å².